The van der Waals surface area contributed by atoms with Crippen LogP contribution in [-0.2, 0) is 33.5 Å². The van der Waals surface area contributed by atoms with Crippen LogP contribution < -0.4 is 15.6 Å². The lowest BCUT2D eigenvalue weighted by Crippen LogP contribution is -2.26. The number of halogens is 1. The number of nitrogens with zero attached hydrogens (tertiary/aromatic N) is 3. The number of phenols is 1. The summed E-state index contributed by atoms with van der Waals surface area (Å²) in [6, 6.07) is 10.1. The number of aromatic nitrogens is 3. The van der Waals surface area contributed by atoms with Crippen molar-refractivity contribution in [1.82, 2.24) is 19.9 Å². The Balaban J connectivity index is 1.59. The molecule has 0 unspecified atom stereocenters. The molecule has 43 heavy (non-hydrogen) atoms. The number of aromatic hydroxyl groups is 1. The standard InChI is InChI=1S/C29H37BrN5O7P/c1-2-3-7-25-34-27-28(35(25)18-20-16-21(36)9-11-24(20)42-43(38,39)40)22-10-8-19(15-23(22)33-29(27)31)6-4-13-41-14-5-12-32-26(37)17-30/h8-11,15-16,36H,2-7,12-14,17-18H2,1H3,(H2,31,33)(H,32,37)(H2,38,39,40). The zero-order valence-electron chi connectivity index (χ0n) is 24.0. The maximum atomic E-state index is 11.6. The number of carbonyl (C=O) groups excluding carboxylic acids is 1. The Morgan fingerprint density at radius 1 is 1.09 bits per heavy atom. The summed E-state index contributed by atoms with van der Waals surface area (Å²) in [5.74, 6) is 0.897. The number of aryl methyl sites for hydroxylation is 2. The zero-order valence-corrected chi connectivity index (χ0v) is 26.4. The Hall–Kier alpha value is -3.22. The first-order valence-electron chi connectivity index (χ1n) is 14.1. The molecule has 232 valence electrons. The number of pyridine rings is 1. The van der Waals surface area contributed by atoms with Gasteiger partial charge in [0.1, 0.15) is 22.8 Å². The number of benzene rings is 2. The number of alkyl halides is 1. The van der Waals surface area contributed by atoms with Gasteiger partial charge in [-0.25, -0.2) is 14.5 Å². The van der Waals surface area contributed by atoms with Crippen molar-refractivity contribution in [2.45, 2.75) is 52.0 Å². The van der Waals surface area contributed by atoms with Crippen LogP contribution in [0.2, 0.25) is 0 Å². The van der Waals surface area contributed by atoms with Crippen LogP contribution in [0, 0.1) is 0 Å². The van der Waals surface area contributed by atoms with Crippen molar-refractivity contribution in [3.8, 4) is 11.5 Å². The van der Waals surface area contributed by atoms with Crippen molar-refractivity contribution in [3.05, 3.63) is 53.3 Å². The van der Waals surface area contributed by atoms with Gasteiger partial charge in [-0.1, -0.05) is 41.4 Å². The summed E-state index contributed by atoms with van der Waals surface area (Å²) in [6.45, 7) is 3.96. The lowest BCUT2D eigenvalue weighted by Gasteiger charge is -2.16. The number of ether oxygens (including phenoxy) is 1. The van der Waals surface area contributed by atoms with Crippen LogP contribution in [0.4, 0.5) is 5.82 Å². The van der Waals surface area contributed by atoms with E-state index in [0.717, 1.165) is 54.4 Å². The lowest BCUT2D eigenvalue weighted by molar-refractivity contribution is -0.118. The van der Waals surface area contributed by atoms with E-state index < -0.39 is 7.82 Å². The Labute approximate surface area is 258 Å². The van der Waals surface area contributed by atoms with E-state index >= 15 is 0 Å². The van der Waals surface area contributed by atoms with Crippen LogP contribution in [0.5, 0.6) is 11.5 Å². The highest BCUT2D eigenvalue weighted by Gasteiger charge is 2.22. The van der Waals surface area contributed by atoms with Gasteiger partial charge < -0.3 is 30.0 Å². The molecule has 2 heterocycles. The minimum atomic E-state index is -4.84. The monoisotopic (exact) mass is 677 g/mol. The third-order valence-electron chi connectivity index (χ3n) is 6.85. The van der Waals surface area contributed by atoms with Crippen molar-refractivity contribution in [2.75, 3.05) is 30.8 Å². The van der Waals surface area contributed by atoms with Gasteiger partial charge in [-0.3, -0.25) is 14.6 Å². The van der Waals surface area contributed by atoms with E-state index in [-0.39, 0.29) is 29.8 Å². The first kappa shape index (κ1) is 32.7. The average molecular weight is 679 g/mol. The Bertz CT molecular complexity index is 1620. The molecule has 0 fully saturated rings. The van der Waals surface area contributed by atoms with E-state index in [1.165, 1.54) is 18.2 Å². The van der Waals surface area contributed by atoms with E-state index in [0.29, 0.717) is 48.1 Å². The molecule has 0 saturated heterocycles. The van der Waals surface area contributed by atoms with Crippen LogP contribution in [0.25, 0.3) is 21.9 Å². The van der Waals surface area contributed by atoms with Gasteiger partial charge in [-0.15, -0.1) is 0 Å². The molecule has 2 aromatic heterocycles. The highest BCUT2D eigenvalue weighted by Crippen LogP contribution is 2.41. The summed E-state index contributed by atoms with van der Waals surface area (Å²) in [5.41, 5.74) is 9.88. The number of nitrogens with two attached hydrogens (primary N) is 1. The Kier molecular flexibility index (Phi) is 11.4. The van der Waals surface area contributed by atoms with E-state index in [2.05, 4.69) is 33.2 Å². The Morgan fingerprint density at radius 3 is 2.63 bits per heavy atom. The Morgan fingerprint density at radius 2 is 1.88 bits per heavy atom. The van der Waals surface area contributed by atoms with Gasteiger partial charge in [0.2, 0.25) is 5.91 Å². The number of fused-ring (bicyclic) bond motifs is 3. The summed E-state index contributed by atoms with van der Waals surface area (Å²) in [7, 11) is -4.84. The molecule has 6 N–H and O–H groups in total. The summed E-state index contributed by atoms with van der Waals surface area (Å²) >= 11 is 3.12. The third-order valence-corrected chi connectivity index (χ3v) is 7.80. The summed E-state index contributed by atoms with van der Waals surface area (Å²) in [5, 5.41) is 14.1. The minimum absolute atomic E-state index is 0.0334. The van der Waals surface area contributed by atoms with Gasteiger partial charge >= 0.3 is 7.82 Å². The van der Waals surface area contributed by atoms with Crippen LogP contribution in [-0.4, -0.2) is 60.4 Å². The largest absolute Gasteiger partial charge is 0.524 e. The zero-order chi connectivity index (χ0) is 31.0. The number of nitrogens with one attached hydrogen (secondary N) is 1. The number of hydrogen-bond donors (Lipinski definition) is 5. The first-order valence-corrected chi connectivity index (χ1v) is 16.8. The van der Waals surface area contributed by atoms with Gasteiger partial charge in [0.05, 0.1) is 22.9 Å². The summed E-state index contributed by atoms with van der Waals surface area (Å²) in [6.07, 6.45) is 4.81. The van der Waals surface area contributed by atoms with Crippen LogP contribution >= 0.6 is 23.8 Å². The molecule has 0 bridgehead atoms. The number of rotatable bonds is 16. The predicted octanol–water partition coefficient (Wildman–Crippen LogP) is 4.59. The molecular weight excluding hydrogens is 641 g/mol. The minimum Gasteiger partial charge on any atom is -0.508 e. The number of phosphoric acid groups is 1. The fraction of sp³-hybridized carbons (Fsp3) is 0.414. The van der Waals surface area contributed by atoms with Gasteiger partial charge in [0.25, 0.3) is 0 Å². The van der Waals surface area contributed by atoms with Gasteiger partial charge in [0.15, 0.2) is 5.82 Å². The summed E-state index contributed by atoms with van der Waals surface area (Å²) < 4.78 is 24.2. The topological polar surface area (TPSA) is 182 Å². The van der Waals surface area contributed by atoms with E-state index in [1.807, 2.05) is 22.8 Å². The maximum absolute atomic E-state index is 11.6. The van der Waals surface area contributed by atoms with Gasteiger partial charge in [0, 0.05) is 37.1 Å². The number of nitrogen functional groups attached to an aromatic ring is 1. The summed E-state index contributed by atoms with van der Waals surface area (Å²) in [4.78, 5) is 39.6. The highest BCUT2D eigenvalue weighted by molar-refractivity contribution is 9.09. The van der Waals surface area contributed by atoms with Crippen molar-refractivity contribution in [2.24, 2.45) is 0 Å². The number of unbranched alkanes of at least 4 members (excludes halogenated alkanes) is 1. The van der Waals surface area contributed by atoms with Crippen LogP contribution in [0.3, 0.4) is 0 Å². The molecule has 0 atom stereocenters. The van der Waals surface area contributed by atoms with E-state index in [9.17, 15) is 24.3 Å². The fourth-order valence-electron chi connectivity index (χ4n) is 4.86. The third kappa shape index (κ3) is 8.90. The molecule has 14 heteroatoms. The fourth-order valence-corrected chi connectivity index (χ4v) is 5.49. The number of phosphoric ester groups is 1. The molecule has 1 amide bonds. The van der Waals surface area contributed by atoms with Crippen molar-refractivity contribution >= 4 is 57.4 Å². The van der Waals surface area contributed by atoms with Crippen molar-refractivity contribution < 1.29 is 33.5 Å². The second-order valence-electron chi connectivity index (χ2n) is 10.2. The molecule has 12 nitrogen and oxygen atoms in total. The molecule has 0 radical (unpaired) electrons. The molecular formula is C29H37BrN5O7P. The molecule has 0 aliphatic rings. The second kappa shape index (κ2) is 15.0. The molecule has 0 aliphatic carbocycles. The molecule has 0 aliphatic heterocycles. The van der Waals surface area contributed by atoms with Gasteiger partial charge in [-0.2, -0.15) is 0 Å². The number of carbonyl (C=O) groups is 1. The highest BCUT2D eigenvalue weighted by atomic mass is 79.9. The van der Waals surface area contributed by atoms with Gasteiger partial charge in [-0.05, 0) is 55.5 Å². The predicted molar refractivity (Wildman–Crippen MR) is 168 cm³/mol. The van der Waals surface area contributed by atoms with Crippen molar-refractivity contribution in [1.29, 1.82) is 0 Å². The van der Waals surface area contributed by atoms with Crippen molar-refractivity contribution in [3.63, 3.8) is 0 Å². The number of anilines is 1. The van der Waals surface area contributed by atoms with Crippen LogP contribution in [0.1, 0.15) is 49.6 Å². The SMILES string of the molecule is CCCCc1nc2c(N)nc3cc(CCCOCCCNC(=O)CBr)ccc3c2n1Cc1cc(O)ccc1OP(=O)(O)O. The number of imidazole rings is 1. The van der Waals surface area contributed by atoms with E-state index in [1.54, 1.807) is 0 Å². The lowest BCUT2D eigenvalue weighted by atomic mass is 10.1. The quantitative estimate of drug-likeness (QED) is 0.0639. The molecule has 4 rings (SSSR count). The number of hydrogen-bond acceptors (Lipinski definition) is 8. The molecule has 0 saturated carbocycles. The molecule has 2 aromatic carbocycles. The number of amides is 1. The molecule has 4 aromatic rings. The first-order chi connectivity index (χ1) is 20.6. The second-order valence-corrected chi connectivity index (χ2v) is 11.9. The average Bonchev–Trinajstić information content (AvgIpc) is 3.32. The van der Waals surface area contributed by atoms with Crippen LogP contribution in [0.15, 0.2) is 36.4 Å². The molecule has 0 spiro atoms. The number of phenolic OH excluding ortho intramolecular Hbond substituents is 1. The van der Waals surface area contributed by atoms with E-state index in [4.69, 9.17) is 20.0 Å². The normalized spacial score (nSPS) is 11.8. The maximum Gasteiger partial charge on any atom is 0.524 e. The smallest absolute Gasteiger partial charge is 0.508 e.